The molecular formula is C55H94NO7+. The lowest BCUT2D eigenvalue weighted by Gasteiger charge is -2.31. The maximum absolute atomic E-state index is 12.8. The molecule has 0 aliphatic carbocycles. The van der Waals surface area contributed by atoms with Crippen LogP contribution in [0, 0.1) is 0 Å². The second kappa shape index (κ2) is 45.1. The Bertz CT molecular complexity index is 1300. The van der Waals surface area contributed by atoms with Crippen molar-refractivity contribution < 1.29 is 38.2 Å². The summed E-state index contributed by atoms with van der Waals surface area (Å²) in [6.07, 6.45) is 59.2. The number of ether oxygens (including phenoxy) is 3. The Hall–Kier alpha value is -3.49. The van der Waals surface area contributed by atoms with E-state index in [-0.39, 0.29) is 36.2 Å². The van der Waals surface area contributed by atoms with Gasteiger partial charge in [0.1, 0.15) is 6.61 Å². The zero-order valence-corrected chi connectivity index (χ0v) is 41.0. The molecule has 0 saturated carbocycles. The standard InChI is InChI=1S/C55H93NO7/c1-6-8-10-12-14-16-18-20-22-24-25-26-27-28-29-30-32-34-36-38-40-42-44-46-54(58)63-51(49-61-48-47-52(55(59)60)56(3,4)5)50-62-53(57)45-43-41-39-37-35-33-31-23-21-19-17-15-13-11-9-7-2/h8-11,14-17,20-23,33,35,51-52H,6-7,12-13,18-19,24-32,34,36-50H2,1-5H3/p+1/b10-8+,11-9+,16-14+,17-15+,22-20+,23-21+,35-33+. The molecule has 2 unspecified atom stereocenters. The molecule has 0 aromatic carbocycles. The highest BCUT2D eigenvalue weighted by molar-refractivity contribution is 5.72. The molecular weight excluding hydrogens is 787 g/mol. The van der Waals surface area contributed by atoms with Crippen molar-refractivity contribution in [3.63, 3.8) is 0 Å². The third-order valence-corrected chi connectivity index (χ3v) is 10.8. The average molecular weight is 881 g/mol. The van der Waals surface area contributed by atoms with Crippen LogP contribution >= 0.6 is 0 Å². The molecule has 8 heteroatoms. The number of hydrogen-bond donors (Lipinski definition) is 1. The molecule has 0 heterocycles. The number of hydrogen-bond acceptors (Lipinski definition) is 6. The maximum atomic E-state index is 12.8. The van der Waals surface area contributed by atoms with Crippen LogP contribution in [-0.2, 0) is 28.6 Å². The molecule has 0 aromatic heterocycles. The van der Waals surface area contributed by atoms with E-state index in [0.29, 0.717) is 19.3 Å². The van der Waals surface area contributed by atoms with Crippen molar-refractivity contribution in [3.05, 3.63) is 85.1 Å². The van der Waals surface area contributed by atoms with Crippen LogP contribution < -0.4 is 0 Å². The first kappa shape index (κ1) is 59.5. The number of carbonyl (C=O) groups excluding carboxylic acids is 2. The number of unbranched alkanes of at least 4 members (excludes halogenated alkanes) is 16. The minimum atomic E-state index is -0.882. The van der Waals surface area contributed by atoms with Crippen LogP contribution in [0.15, 0.2) is 85.1 Å². The van der Waals surface area contributed by atoms with Crippen LogP contribution in [0.1, 0.15) is 194 Å². The van der Waals surface area contributed by atoms with Crippen molar-refractivity contribution in [3.8, 4) is 0 Å². The number of nitrogens with zero attached hydrogens (tertiary/aromatic N) is 1. The van der Waals surface area contributed by atoms with Gasteiger partial charge in [0.15, 0.2) is 12.1 Å². The maximum Gasteiger partial charge on any atom is 0.362 e. The van der Waals surface area contributed by atoms with Crippen molar-refractivity contribution in [2.24, 2.45) is 0 Å². The summed E-state index contributed by atoms with van der Waals surface area (Å²) < 4.78 is 17.3. The van der Waals surface area contributed by atoms with Crippen molar-refractivity contribution in [1.82, 2.24) is 0 Å². The lowest BCUT2D eigenvalue weighted by molar-refractivity contribution is -0.887. The van der Waals surface area contributed by atoms with Crippen molar-refractivity contribution in [1.29, 1.82) is 0 Å². The van der Waals surface area contributed by atoms with Gasteiger partial charge in [0, 0.05) is 19.3 Å². The van der Waals surface area contributed by atoms with Crippen LogP contribution in [0.4, 0.5) is 0 Å². The second-order valence-electron chi connectivity index (χ2n) is 17.7. The molecule has 1 N–H and O–H groups in total. The van der Waals surface area contributed by atoms with E-state index in [9.17, 15) is 19.5 Å². The summed E-state index contributed by atoms with van der Waals surface area (Å²) >= 11 is 0. The third-order valence-electron chi connectivity index (χ3n) is 10.8. The molecule has 0 rings (SSSR count). The Kier molecular flexibility index (Phi) is 42.6. The molecule has 2 atom stereocenters. The van der Waals surface area contributed by atoms with E-state index in [1.807, 2.05) is 21.1 Å². The first-order valence-electron chi connectivity index (χ1n) is 25.1. The fourth-order valence-electron chi connectivity index (χ4n) is 6.98. The zero-order valence-electron chi connectivity index (χ0n) is 41.0. The molecule has 0 bridgehead atoms. The number of likely N-dealkylation sites (N-methyl/N-ethyl adjacent to an activating group) is 1. The summed E-state index contributed by atoms with van der Waals surface area (Å²) in [7, 11) is 5.52. The summed E-state index contributed by atoms with van der Waals surface area (Å²) in [6.45, 7) is 4.48. The molecule has 63 heavy (non-hydrogen) atoms. The molecule has 0 radical (unpaired) electrons. The van der Waals surface area contributed by atoms with Gasteiger partial charge in [-0.25, -0.2) is 4.79 Å². The molecule has 360 valence electrons. The van der Waals surface area contributed by atoms with Gasteiger partial charge in [-0.1, -0.05) is 176 Å². The zero-order chi connectivity index (χ0) is 46.3. The summed E-state index contributed by atoms with van der Waals surface area (Å²) in [6, 6.07) is -0.624. The van der Waals surface area contributed by atoms with Crippen LogP contribution in [0.3, 0.4) is 0 Å². The fraction of sp³-hybridized carbons (Fsp3) is 0.691. The van der Waals surface area contributed by atoms with Gasteiger partial charge in [-0.15, -0.1) is 0 Å². The van der Waals surface area contributed by atoms with Crippen LogP contribution in [0.25, 0.3) is 0 Å². The van der Waals surface area contributed by atoms with Crippen molar-refractivity contribution in [2.75, 3.05) is 41.0 Å². The van der Waals surface area contributed by atoms with Gasteiger partial charge in [0.05, 0.1) is 34.4 Å². The van der Waals surface area contributed by atoms with Gasteiger partial charge < -0.3 is 23.8 Å². The number of carboxylic acid groups (broad SMARTS) is 1. The highest BCUT2D eigenvalue weighted by Gasteiger charge is 2.31. The quantitative estimate of drug-likeness (QED) is 0.0282. The highest BCUT2D eigenvalue weighted by Crippen LogP contribution is 2.15. The largest absolute Gasteiger partial charge is 0.477 e. The lowest BCUT2D eigenvalue weighted by atomic mass is 10.0. The van der Waals surface area contributed by atoms with Gasteiger partial charge in [-0.05, 0) is 83.5 Å². The van der Waals surface area contributed by atoms with Gasteiger partial charge in [0.25, 0.3) is 0 Å². The number of allylic oxidation sites excluding steroid dienone is 14. The summed E-state index contributed by atoms with van der Waals surface area (Å²) in [4.78, 5) is 37.1. The summed E-state index contributed by atoms with van der Waals surface area (Å²) in [5.74, 6) is -1.51. The SMILES string of the molecule is CC/C=C/C/C=C/C/C=C/C/C=C/CCCCCC(=O)OCC(COCCC(C(=O)O)[N+](C)(C)C)OC(=O)CCCCCCCCCCCCCCC/C=C/C/C=C/C/C=C/CC. The molecule has 0 aliphatic rings. The van der Waals surface area contributed by atoms with Crippen LogP contribution in [-0.4, -0.2) is 80.6 Å². The number of carboxylic acids is 1. The average Bonchev–Trinajstić information content (AvgIpc) is 3.24. The molecule has 0 amide bonds. The molecule has 0 aliphatic heterocycles. The summed E-state index contributed by atoms with van der Waals surface area (Å²) in [5, 5.41) is 9.65. The van der Waals surface area contributed by atoms with E-state index in [0.717, 1.165) is 89.9 Å². The van der Waals surface area contributed by atoms with Gasteiger partial charge in [0.2, 0.25) is 0 Å². The number of quaternary nitrogens is 1. The molecule has 0 spiro atoms. The topological polar surface area (TPSA) is 99.1 Å². The van der Waals surface area contributed by atoms with Crippen LogP contribution in [0.2, 0.25) is 0 Å². The van der Waals surface area contributed by atoms with E-state index in [2.05, 4.69) is 98.9 Å². The summed E-state index contributed by atoms with van der Waals surface area (Å²) in [5.41, 5.74) is 0. The molecule has 0 aromatic rings. The van der Waals surface area contributed by atoms with E-state index in [1.165, 1.54) is 70.6 Å². The van der Waals surface area contributed by atoms with E-state index in [1.54, 1.807) is 0 Å². The highest BCUT2D eigenvalue weighted by atomic mass is 16.6. The third kappa shape index (κ3) is 43.5. The molecule has 8 nitrogen and oxygen atoms in total. The Morgan fingerprint density at radius 2 is 0.841 bits per heavy atom. The van der Waals surface area contributed by atoms with Gasteiger partial charge in [-0.2, -0.15) is 0 Å². The Morgan fingerprint density at radius 3 is 1.25 bits per heavy atom. The second-order valence-corrected chi connectivity index (χ2v) is 17.7. The van der Waals surface area contributed by atoms with Gasteiger partial charge in [-0.3, -0.25) is 9.59 Å². The van der Waals surface area contributed by atoms with E-state index < -0.39 is 18.1 Å². The van der Waals surface area contributed by atoms with E-state index >= 15 is 0 Å². The Labute approximate surface area is 386 Å². The Morgan fingerprint density at radius 1 is 0.476 bits per heavy atom. The molecule has 0 saturated heterocycles. The van der Waals surface area contributed by atoms with Crippen LogP contribution in [0.5, 0.6) is 0 Å². The first-order chi connectivity index (χ1) is 30.6. The first-order valence-corrected chi connectivity index (χ1v) is 25.1. The number of carbonyl (C=O) groups is 3. The predicted octanol–water partition coefficient (Wildman–Crippen LogP) is 14.5. The Balaban J connectivity index is 4.27. The molecule has 0 fully saturated rings. The fourth-order valence-corrected chi connectivity index (χ4v) is 6.98. The smallest absolute Gasteiger partial charge is 0.362 e. The number of esters is 2. The monoisotopic (exact) mass is 881 g/mol. The van der Waals surface area contributed by atoms with E-state index in [4.69, 9.17) is 14.2 Å². The number of aliphatic carboxylic acids is 1. The minimum Gasteiger partial charge on any atom is -0.477 e. The normalized spacial score (nSPS) is 13.6. The minimum absolute atomic E-state index is 0.0467. The lowest BCUT2D eigenvalue weighted by Crippen LogP contribution is -2.50. The van der Waals surface area contributed by atoms with Gasteiger partial charge >= 0.3 is 17.9 Å². The van der Waals surface area contributed by atoms with Crippen molar-refractivity contribution >= 4 is 17.9 Å². The number of rotatable bonds is 44. The van der Waals surface area contributed by atoms with Crippen molar-refractivity contribution in [2.45, 2.75) is 206 Å². The predicted molar refractivity (Wildman–Crippen MR) is 266 cm³/mol.